The maximum Gasteiger partial charge on any atom is 0.263 e. The van der Waals surface area contributed by atoms with Crippen molar-refractivity contribution in [3.8, 4) is 6.07 Å². The molecule has 178 valence electrons. The van der Waals surface area contributed by atoms with Gasteiger partial charge in [-0.3, -0.25) is 24.5 Å². The number of benzene rings is 1. The SMILES string of the molecule is CN1C(=CC(=O)c2ccc(C#N)cc2)N(C2[C@H]3CNC[C@H]23)C(=O)C1(c1ccncc1)c1ccncc1. The molecule has 0 bridgehead atoms. The van der Waals surface area contributed by atoms with Gasteiger partial charge in [-0.05, 0) is 71.5 Å². The summed E-state index contributed by atoms with van der Waals surface area (Å²) in [6.07, 6.45) is 8.30. The molecule has 0 spiro atoms. The molecule has 2 aliphatic heterocycles. The molecule has 2 aromatic heterocycles. The molecule has 6 rings (SSSR count). The molecule has 2 saturated heterocycles. The number of allylic oxidation sites excluding steroid dienone is 1. The number of aromatic nitrogens is 2. The Balaban J connectivity index is 1.51. The summed E-state index contributed by atoms with van der Waals surface area (Å²) in [7, 11) is 1.87. The number of nitrogens with one attached hydrogen (secondary N) is 1. The minimum atomic E-state index is -1.16. The van der Waals surface area contributed by atoms with Crippen molar-refractivity contribution in [2.75, 3.05) is 20.1 Å². The number of piperidine rings is 1. The van der Waals surface area contributed by atoms with Gasteiger partial charge >= 0.3 is 0 Å². The van der Waals surface area contributed by atoms with E-state index in [-0.39, 0.29) is 17.7 Å². The number of nitrogens with zero attached hydrogens (tertiary/aromatic N) is 5. The second-order valence-corrected chi connectivity index (χ2v) is 9.45. The zero-order valence-corrected chi connectivity index (χ0v) is 19.7. The van der Waals surface area contributed by atoms with Crippen LogP contribution in [0.2, 0.25) is 0 Å². The zero-order chi connectivity index (χ0) is 24.9. The Bertz CT molecular complexity index is 1350. The standard InChI is InChI=1S/C28H24N6O2/c1-33-25(14-24(35)19-4-2-18(15-29)3-5-19)34(26-22-16-32-17-23(22)26)27(36)28(33,20-6-10-30-11-7-20)21-8-12-31-13-9-21/h2-14,22-23,26,32H,16-17H2,1H3/t22-,23-/m0/s1. The summed E-state index contributed by atoms with van der Waals surface area (Å²) in [5.74, 6) is 0.995. The highest BCUT2D eigenvalue weighted by atomic mass is 16.2. The Labute approximate surface area is 208 Å². The van der Waals surface area contributed by atoms with Crippen molar-refractivity contribution < 1.29 is 9.59 Å². The first-order valence-electron chi connectivity index (χ1n) is 11.9. The van der Waals surface area contributed by atoms with Crippen LogP contribution in [-0.4, -0.2) is 57.6 Å². The van der Waals surface area contributed by atoms with E-state index in [0.717, 1.165) is 24.2 Å². The summed E-state index contributed by atoms with van der Waals surface area (Å²) in [5.41, 5.74) is 1.35. The Morgan fingerprint density at radius 2 is 1.56 bits per heavy atom. The van der Waals surface area contributed by atoms with Crippen LogP contribution < -0.4 is 5.32 Å². The van der Waals surface area contributed by atoms with E-state index in [4.69, 9.17) is 5.26 Å². The maximum absolute atomic E-state index is 14.6. The Kier molecular flexibility index (Phi) is 5.16. The van der Waals surface area contributed by atoms with Gasteiger partial charge in [-0.15, -0.1) is 0 Å². The van der Waals surface area contributed by atoms with E-state index in [1.165, 1.54) is 0 Å². The van der Waals surface area contributed by atoms with Crippen LogP contribution in [0.15, 0.2) is 85.2 Å². The van der Waals surface area contributed by atoms with Gasteiger partial charge in [0.05, 0.1) is 11.6 Å². The number of amides is 1. The molecule has 3 aliphatic rings. The van der Waals surface area contributed by atoms with Gasteiger partial charge in [0.2, 0.25) is 0 Å². The second-order valence-electron chi connectivity index (χ2n) is 9.45. The third-order valence-electron chi connectivity index (χ3n) is 7.72. The highest BCUT2D eigenvalue weighted by Crippen LogP contribution is 2.54. The highest BCUT2D eigenvalue weighted by Gasteiger charge is 2.65. The van der Waals surface area contributed by atoms with Gasteiger partial charge in [0, 0.05) is 62.6 Å². The van der Waals surface area contributed by atoms with Crippen LogP contribution in [0, 0.1) is 23.2 Å². The zero-order valence-electron chi connectivity index (χ0n) is 19.7. The lowest BCUT2D eigenvalue weighted by molar-refractivity contribution is -0.132. The summed E-state index contributed by atoms with van der Waals surface area (Å²) in [5, 5.41) is 12.5. The van der Waals surface area contributed by atoms with Gasteiger partial charge < -0.3 is 10.2 Å². The Hall–Kier alpha value is -4.35. The molecular formula is C28H24N6O2. The van der Waals surface area contributed by atoms with Crippen LogP contribution in [-0.2, 0) is 10.3 Å². The van der Waals surface area contributed by atoms with E-state index in [2.05, 4.69) is 21.4 Å². The summed E-state index contributed by atoms with van der Waals surface area (Å²) in [4.78, 5) is 40.1. The molecule has 2 atom stereocenters. The number of hydrogen-bond acceptors (Lipinski definition) is 7. The number of fused-ring (bicyclic) bond motifs is 1. The fourth-order valence-electron chi connectivity index (χ4n) is 5.88. The molecule has 1 N–H and O–H groups in total. The number of hydrogen-bond donors (Lipinski definition) is 1. The third-order valence-corrected chi connectivity index (χ3v) is 7.72. The topological polar surface area (TPSA) is 102 Å². The molecule has 8 nitrogen and oxygen atoms in total. The number of rotatable bonds is 5. The summed E-state index contributed by atoms with van der Waals surface area (Å²) >= 11 is 0. The van der Waals surface area contributed by atoms with Crippen molar-refractivity contribution in [3.05, 3.63) is 107 Å². The lowest BCUT2D eigenvalue weighted by Crippen LogP contribution is -2.46. The number of likely N-dealkylation sites (N-methyl/N-ethyl adjacent to an activating group) is 1. The molecule has 0 radical (unpaired) electrons. The molecular weight excluding hydrogens is 452 g/mol. The van der Waals surface area contributed by atoms with Crippen LogP contribution in [0.1, 0.15) is 27.0 Å². The molecule has 3 aromatic rings. The largest absolute Gasteiger partial charge is 0.339 e. The van der Waals surface area contributed by atoms with E-state index < -0.39 is 5.54 Å². The summed E-state index contributed by atoms with van der Waals surface area (Å²) < 4.78 is 0. The van der Waals surface area contributed by atoms with E-state index in [1.54, 1.807) is 55.1 Å². The van der Waals surface area contributed by atoms with E-state index in [1.807, 2.05) is 41.1 Å². The third kappa shape index (κ3) is 3.17. The van der Waals surface area contributed by atoms with Crippen LogP contribution in [0.5, 0.6) is 0 Å². The molecule has 36 heavy (non-hydrogen) atoms. The van der Waals surface area contributed by atoms with E-state index in [0.29, 0.717) is 28.8 Å². The van der Waals surface area contributed by atoms with Crippen molar-refractivity contribution in [1.29, 1.82) is 5.26 Å². The van der Waals surface area contributed by atoms with Crippen molar-refractivity contribution in [1.82, 2.24) is 25.1 Å². The van der Waals surface area contributed by atoms with Crippen LogP contribution in [0.3, 0.4) is 0 Å². The number of nitriles is 1. The lowest BCUT2D eigenvalue weighted by Gasteiger charge is -2.35. The predicted molar refractivity (Wildman–Crippen MR) is 131 cm³/mol. The lowest BCUT2D eigenvalue weighted by atomic mass is 9.82. The van der Waals surface area contributed by atoms with Crippen LogP contribution in [0.4, 0.5) is 0 Å². The van der Waals surface area contributed by atoms with Gasteiger partial charge in [0.1, 0.15) is 5.82 Å². The van der Waals surface area contributed by atoms with E-state index in [9.17, 15) is 9.59 Å². The Morgan fingerprint density at radius 1 is 1.00 bits per heavy atom. The molecule has 4 heterocycles. The van der Waals surface area contributed by atoms with Gasteiger partial charge in [-0.2, -0.15) is 5.26 Å². The van der Waals surface area contributed by atoms with Gasteiger partial charge in [0.25, 0.3) is 5.91 Å². The summed E-state index contributed by atoms with van der Waals surface area (Å²) in [6, 6.07) is 16.1. The van der Waals surface area contributed by atoms with Gasteiger partial charge in [0.15, 0.2) is 11.3 Å². The quantitative estimate of drug-likeness (QED) is 0.445. The number of carbonyl (C=O) groups excluding carboxylic acids is 2. The highest BCUT2D eigenvalue weighted by molar-refractivity contribution is 6.06. The minimum Gasteiger partial charge on any atom is -0.339 e. The average molecular weight is 477 g/mol. The first kappa shape index (κ1) is 22.1. The smallest absolute Gasteiger partial charge is 0.263 e. The van der Waals surface area contributed by atoms with Crippen LogP contribution in [0.25, 0.3) is 0 Å². The fourth-order valence-corrected chi connectivity index (χ4v) is 5.88. The fraction of sp³-hybridized carbons (Fsp3) is 0.250. The van der Waals surface area contributed by atoms with Crippen molar-refractivity contribution >= 4 is 11.7 Å². The first-order valence-corrected chi connectivity index (χ1v) is 11.9. The second kappa shape index (κ2) is 8.40. The molecule has 1 aromatic carbocycles. The molecule has 1 amide bonds. The molecule has 0 unspecified atom stereocenters. The minimum absolute atomic E-state index is 0.0340. The average Bonchev–Trinajstić information content (AvgIpc) is 3.27. The van der Waals surface area contributed by atoms with Gasteiger partial charge in [-0.1, -0.05) is 0 Å². The Morgan fingerprint density at radius 3 is 2.08 bits per heavy atom. The predicted octanol–water partition coefficient (Wildman–Crippen LogP) is 2.31. The van der Waals surface area contributed by atoms with Gasteiger partial charge in [-0.25, -0.2) is 0 Å². The first-order chi connectivity index (χ1) is 17.6. The van der Waals surface area contributed by atoms with Crippen molar-refractivity contribution in [2.24, 2.45) is 11.8 Å². The van der Waals surface area contributed by atoms with Crippen LogP contribution >= 0.6 is 0 Å². The molecule has 1 aliphatic carbocycles. The number of carbonyl (C=O) groups is 2. The summed E-state index contributed by atoms with van der Waals surface area (Å²) in [6.45, 7) is 1.72. The van der Waals surface area contributed by atoms with Crippen molar-refractivity contribution in [3.63, 3.8) is 0 Å². The number of ketones is 1. The van der Waals surface area contributed by atoms with Crippen molar-refractivity contribution in [2.45, 2.75) is 11.6 Å². The molecule has 3 fully saturated rings. The maximum atomic E-state index is 14.6. The van der Waals surface area contributed by atoms with E-state index >= 15 is 0 Å². The molecule has 1 saturated carbocycles. The number of pyridine rings is 2. The normalized spacial score (nSPS) is 25.1. The molecule has 8 heteroatoms. The monoisotopic (exact) mass is 476 g/mol.